The number of hydrogen-bond acceptors (Lipinski definition) is 5. The minimum absolute atomic E-state index is 0.0837. The van der Waals surface area contributed by atoms with E-state index in [4.69, 9.17) is 27.5 Å². The number of nitriles is 1. The number of allylic oxidation sites excluding steroid dienone is 1. The van der Waals surface area contributed by atoms with Crippen LogP contribution in [0.3, 0.4) is 0 Å². The summed E-state index contributed by atoms with van der Waals surface area (Å²) in [6.07, 6.45) is 6.94. The predicted octanol–water partition coefficient (Wildman–Crippen LogP) is 5.03. The number of hydrogen-bond donors (Lipinski definition) is 0. The maximum absolute atomic E-state index is 9.57. The van der Waals surface area contributed by atoms with E-state index in [1.165, 1.54) is 18.4 Å². The van der Waals surface area contributed by atoms with Gasteiger partial charge in [0.05, 0.1) is 27.9 Å². The SMILES string of the molecule is C#CCOc1c(Cl)cc(/C=C(\C#N)c2nc3ccccc3s2)cc1OC. The smallest absolute Gasteiger partial charge is 0.181 e. The molecule has 0 aliphatic heterocycles. The first-order chi connectivity index (χ1) is 12.7. The summed E-state index contributed by atoms with van der Waals surface area (Å²) < 4.78 is 11.8. The Kier molecular flexibility index (Phi) is 5.43. The molecule has 3 rings (SSSR count). The molecule has 3 aromatic rings. The molecule has 0 saturated heterocycles. The van der Waals surface area contributed by atoms with E-state index >= 15 is 0 Å². The molecule has 0 aliphatic carbocycles. The summed E-state index contributed by atoms with van der Waals surface area (Å²) in [5.74, 6) is 3.21. The molecular weight excluding hydrogens is 368 g/mol. The number of methoxy groups -OCH3 is 1. The molecule has 6 heteroatoms. The Hall–Kier alpha value is -2.99. The molecular formula is C20H13ClN2O2S. The van der Waals surface area contributed by atoms with Gasteiger partial charge in [-0.15, -0.1) is 17.8 Å². The molecule has 2 aromatic carbocycles. The van der Waals surface area contributed by atoms with Gasteiger partial charge in [0, 0.05) is 0 Å². The zero-order chi connectivity index (χ0) is 18.5. The van der Waals surface area contributed by atoms with Gasteiger partial charge in [-0.05, 0) is 35.9 Å². The highest BCUT2D eigenvalue weighted by atomic mass is 35.5. The second-order valence-corrected chi connectivity index (χ2v) is 6.62. The molecule has 0 aliphatic rings. The van der Waals surface area contributed by atoms with Crippen LogP contribution in [-0.4, -0.2) is 18.7 Å². The fourth-order valence-corrected chi connectivity index (χ4v) is 3.58. The monoisotopic (exact) mass is 380 g/mol. The van der Waals surface area contributed by atoms with Crippen molar-refractivity contribution < 1.29 is 9.47 Å². The van der Waals surface area contributed by atoms with E-state index in [1.807, 2.05) is 24.3 Å². The van der Waals surface area contributed by atoms with Gasteiger partial charge in [0.15, 0.2) is 11.5 Å². The Balaban J connectivity index is 2.03. The molecule has 0 fully saturated rings. The molecule has 128 valence electrons. The lowest BCUT2D eigenvalue weighted by atomic mass is 10.1. The molecule has 0 amide bonds. The van der Waals surface area contributed by atoms with E-state index in [2.05, 4.69) is 17.0 Å². The number of nitrogens with zero attached hydrogens (tertiary/aromatic N) is 2. The molecule has 26 heavy (non-hydrogen) atoms. The third-order valence-corrected chi connectivity index (χ3v) is 4.86. The zero-order valence-electron chi connectivity index (χ0n) is 13.8. The molecule has 0 spiro atoms. The Bertz CT molecular complexity index is 1040. The lowest BCUT2D eigenvalue weighted by Gasteiger charge is -2.11. The minimum Gasteiger partial charge on any atom is -0.493 e. The van der Waals surface area contributed by atoms with Crippen molar-refractivity contribution in [3.05, 3.63) is 52.0 Å². The van der Waals surface area contributed by atoms with Crippen molar-refractivity contribution >= 4 is 44.8 Å². The molecule has 0 saturated carbocycles. The normalized spacial score (nSPS) is 11.0. The first kappa shape index (κ1) is 17.8. The lowest BCUT2D eigenvalue weighted by molar-refractivity contribution is 0.331. The van der Waals surface area contributed by atoms with E-state index in [9.17, 15) is 5.26 Å². The molecule has 0 unspecified atom stereocenters. The van der Waals surface area contributed by atoms with E-state index in [0.717, 1.165) is 10.2 Å². The molecule has 0 atom stereocenters. The summed E-state index contributed by atoms with van der Waals surface area (Å²) in [7, 11) is 1.51. The highest BCUT2D eigenvalue weighted by Crippen LogP contribution is 2.37. The second kappa shape index (κ2) is 7.93. The van der Waals surface area contributed by atoms with Crippen LogP contribution in [0.4, 0.5) is 0 Å². The topological polar surface area (TPSA) is 55.1 Å². The van der Waals surface area contributed by atoms with E-state index in [1.54, 1.807) is 18.2 Å². The van der Waals surface area contributed by atoms with Crippen molar-refractivity contribution in [3.8, 4) is 29.9 Å². The first-order valence-corrected chi connectivity index (χ1v) is 8.77. The van der Waals surface area contributed by atoms with Crippen LogP contribution in [0.1, 0.15) is 10.6 Å². The van der Waals surface area contributed by atoms with Gasteiger partial charge >= 0.3 is 0 Å². The number of fused-ring (bicyclic) bond motifs is 1. The van der Waals surface area contributed by atoms with Crippen LogP contribution >= 0.6 is 22.9 Å². The summed E-state index contributed by atoms with van der Waals surface area (Å²) >= 11 is 7.75. The number of terminal acetylenes is 1. The molecule has 1 heterocycles. The van der Waals surface area contributed by atoms with Crippen LogP contribution in [0.15, 0.2) is 36.4 Å². The largest absolute Gasteiger partial charge is 0.493 e. The fraction of sp³-hybridized carbons (Fsp3) is 0.100. The van der Waals surface area contributed by atoms with Gasteiger partial charge in [-0.3, -0.25) is 0 Å². The van der Waals surface area contributed by atoms with Gasteiger partial charge in [-0.2, -0.15) is 5.26 Å². The standard InChI is InChI=1S/C20H13ClN2O2S/c1-3-8-25-19-15(21)10-13(11-17(19)24-2)9-14(12-22)20-23-16-6-4-5-7-18(16)26-20/h1,4-7,9-11H,8H2,2H3/b14-9+. The average molecular weight is 381 g/mol. The van der Waals surface area contributed by atoms with E-state index in [-0.39, 0.29) is 6.61 Å². The predicted molar refractivity (Wildman–Crippen MR) is 105 cm³/mol. The lowest BCUT2D eigenvalue weighted by Crippen LogP contribution is -1.98. The molecule has 1 aromatic heterocycles. The van der Waals surface area contributed by atoms with Gasteiger partial charge in [0.2, 0.25) is 0 Å². The molecule has 0 bridgehead atoms. The van der Waals surface area contributed by atoms with Crippen LogP contribution in [0.5, 0.6) is 11.5 Å². The van der Waals surface area contributed by atoms with Crippen LogP contribution in [0, 0.1) is 23.7 Å². The van der Waals surface area contributed by atoms with Crippen molar-refractivity contribution in [1.82, 2.24) is 4.98 Å². The summed E-state index contributed by atoms with van der Waals surface area (Å²) in [6.45, 7) is 0.0837. The highest BCUT2D eigenvalue weighted by Gasteiger charge is 2.13. The Morgan fingerprint density at radius 3 is 2.88 bits per heavy atom. The maximum Gasteiger partial charge on any atom is 0.181 e. The third kappa shape index (κ3) is 3.65. The van der Waals surface area contributed by atoms with Crippen molar-refractivity contribution in [1.29, 1.82) is 5.26 Å². The van der Waals surface area contributed by atoms with Crippen molar-refractivity contribution in [2.45, 2.75) is 0 Å². The second-order valence-electron chi connectivity index (χ2n) is 5.18. The van der Waals surface area contributed by atoms with Crippen molar-refractivity contribution in [2.75, 3.05) is 13.7 Å². The Morgan fingerprint density at radius 2 is 2.19 bits per heavy atom. The van der Waals surface area contributed by atoms with Gasteiger partial charge in [0.1, 0.15) is 17.7 Å². The summed E-state index contributed by atoms with van der Waals surface area (Å²) in [4.78, 5) is 4.52. The zero-order valence-corrected chi connectivity index (χ0v) is 15.4. The minimum atomic E-state index is 0.0837. The van der Waals surface area contributed by atoms with Crippen molar-refractivity contribution in [2.24, 2.45) is 0 Å². The number of halogens is 1. The van der Waals surface area contributed by atoms with Crippen LogP contribution in [-0.2, 0) is 0 Å². The fourth-order valence-electron chi connectivity index (χ4n) is 2.37. The number of rotatable bonds is 5. The summed E-state index contributed by atoms with van der Waals surface area (Å²) in [6, 6.07) is 13.4. The highest BCUT2D eigenvalue weighted by molar-refractivity contribution is 7.19. The van der Waals surface area contributed by atoms with Gasteiger partial charge in [0.25, 0.3) is 0 Å². The average Bonchev–Trinajstić information content (AvgIpc) is 3.08. The van der Waals surface area contributed by atoms with Gasteiger partial charge < -0.3 is 9.47 Å². The van der Waals surface area contributed by atoms with Crippen LogP contribution < -0.4 is 9.47 Å². The maximum atomic E-state index is 9.57. The van der Waals surface area contributed by atoms with Crippen LogP contribution in [0.2, 0.25) is 5.02 Å². The van der Waals surface area contributed by atoms with Gasteiger partial charge in [-0.1, -0.05) is 29.7 Å². The van der Waals surface area contributed by atoms with E-state index < -0.39 is 0 Å². The molecule has 0 N–H and O–H groups in total. The Labute approximate surface area is 160 Å². The molecule has 0 radical (unpaired) electrons. The number of ether oxygens (including phenoxy) is 2. The number of para-hydroxylation sites is 1. The summed E-state index contributed by atoms with van der Waals surface area (Å²) in [5.41, 5.74) is 2.01. The number of aromatic nitrogens is 1. The third-order valence-electron chi connectivity index (χ3n) is 3.51. The molecule has 4 nitrogen and oxygen atoms in total. The van der Waals surface area contributed by atoms with Crippen molar-refractivity contribution in [3.63, 3.8) is 0 Å². The Morgan fingerprint density at radius 1 is 1.38 bits per heavy atom. The summed E-state index contributed by atoms with van der Waals surface area (Å²) in [5, 5.41) is 10.6. The van der Waals surface area contributed by atoms with E-state index in [0.29, 0.717) is 32.7 Å². The number of thiazole rings is 1. The van der Waals surface area contributed by atoms with Gasteiger partial charge in [-0.25, -0.2) is 4.98 Å². The first-order valence-electron chi connectivity index (χ1n) is 7.57. The number of benzene rings is 2. The quantitative estimate of drug-likeness (QED) is 0.460. The van der Waals surface area contributed by atoms with Crippen LogP contribution in [0.25, 0.3) is 21.9 Å².